The summed E-state index contributed by atoms with van der Waals surface area (Å²) in [4.78, 5) is 43.5. The van der Waals surface area contributed by atoms with E-state index in [9.17, 15) is 32.7 Å². The van der Waals surface area contributed by atoms with Gasteiger partial charge in [-0.25, -0.2) is 0 Å². The van der Waals surface area contributed by atoms with Gasteiger partial charge in [0, 0.05) is 18.4 Å². The maximum atomic E-state index is 14.4. The number of carboxylic acids is 1. The van der Waals surface area contributed by atoms with Crippen LogP contribution in [0.15, 0.2) is 18.6 Å². The molecule has 0 unspecified atom stereocenters. The zero-order valence-corrected chi connectivity index (χ0v) is 23.2. The molecule has 2 aliphatic rings. The van der Waals surface area contributed by atoms with Crippen LogP contribution < -0.4 is 0 Å². The minimum absolute atomic E-state index is 0.0247. The van der Waals surface area contributed by atoms with Crippen LogP contribution >= 0.6 is 23.2 Å². The fourth-order valence-electron chi connectivity index (χ4n) is 5.65. The first-order valence-electron chi connectivity index (χ1n) is 12.6. The van der Waals surface area contributed by atoms with Crippen molar-refractivity contribution in [2.45, 2.75) is 77.6 Å². The van der Waals surface area contributed by atoms with Gasteiger partial charge in [0.2, 0.25) is 0 Å². The molecule has 8 nitrogen and oxygen atoms in total. The zero-order chi connectivity index (χ0) is 28.9. The van der Waals surface area contributed by atoms with Gasteiger partial charge >= 0.3 is 12.1 Å². The molecule has 0 spiro atoms. The number of hydrogen-bond acceptors (Lipinski definition) is 5. The third-order valence-corrected chi connectivity index (χ3v) is 8.51. The number of pyridine rings is 1. The van der Waals surface area contributed by atoms with Gasteiger partial charge in [-0.1, -0.05) is 37.0 Å². The van der Waals surface area contributed by atoms with Crippen LogP contribution in [-0.4, -0.2) is 55.0 Å². The Labute approximate surface area is 233 Å². The van der Waals surface area contributed by atoms with Crippen molar-refractivity contribution in [1.29, 1.82) is 0 Å². The molecule has 39 heavy (non-hydrogen) atoms. The summed E-state index contributed by atoms with van der Waals surface area (Å²) in [7, 11) is 0. The van der Waals surface area contributed by atoms with Crippen molar-refractivity contribution in [3.05, 3.63) is 45.5 Å². The number of hydrogen-bond donors (Lipinski definition) is 1. The number of nitrogens with zero attached hydrogens (tertiary/aromatic N) is 4. The smallest absolute Gasteiger partial charge is 0.433 e. The summed E-state index contributed by atoms with van der Waals surface area (Å²) in [6.45, 7) is 4.99. The molecule has 0 bridgehead atoms. The van der Waals surface area contributed by atoms with E-state index in [-0.39, 0.29) is 46.7 Å². The van der Waals surface area contributed by atoms with Crippen molar-refractivity contribution >= 4 is 40.9 Å². The third kappa shape index (κ3) is 5.79. The Bertz CT molecular complexity index is 1270. The minimum atomic E-state index is -4.92. The number of aliphatic carboxylic acids is 1. The second-order valence-electron chi connectivity index (χ2n) is 11.5. The average molecular weight is 589 g/mol. The van der Waals surface area contributed by atoms with Crippen molar-refractivity contribution in [3.8, 4) is 0 Å². The number of carbonyl (C=O) groups is 3. The third-order valence-electron chi connectivity index (χ3n) is 7.94. The predicted octanol–water partition coefficient (Wildman–Crippen LogP) is 6.32. The monoisotopic (exact) mass is 588 g/mol. The Morgan fingerprint density at radius 1 is 1.08 bits per heavy atom. The number of aromatic nitrogens is 3. The summed E-state index contributed by atoms with van der Waals surface area (Å²) in [6, 6.07) is -1.19. The second kappa shape index (κ2) is 10.4. The van der Waals surface area contributed by atoms with Gasteiger partial charge in [-0.2, -0.15) is 18.3 Å². The summed E-state index contributed by atoms with van der Waals surface area (Å²) >= 11 is 12.2. The number of amides is 1. The Morgan fingerprint density at radius 3 is 2.13 bits per heavy atom. The highest BCUT2D eigenvalue weighted by Crippen LogP contribution is 2.46. The van der Waals surface area contributed by atoms with E-state index in [4.69, 9.17) is 23.2 Å². The molecular weight excluding hydrogens is 560 g/mol. The SMILES string of the molecule is CC1(C)CC(N(CC(=O)c2c(Cl)cncc2Cl)C(=O)c2cnn(C3CCC(C)(C(=O)O)CC3)c2C(F)(F)F)C1. The van der Waals surface area contributed by atoms with Crippen molar-refractivity contribution < 1.29 is 32.7 Å². The lowest BCUT2D eigenvalue weighted by Gasteiger charge is -2.48. The fraction of sp³-hybridized carbons (Fsp3) is 0.577. The average Bonchev–Trinajstić information content (AvgIpc) is 3.27. The molecule has 2 aliphatic carbocycles. The van der Waals surface area contributed by atoms with Gasteiger partial charge in [0.25, 0.3) is 5.91 Å². The number of alkyl halides is 3. The molecule has 4 rings (SSSR count). The van der Waals surface area contributed by atoms with Gasteiger partial charge in [-0.3, -0.25) is 24.0 Å². The quantitative estimate of drug-likeness (QED) is 0.379. The van der Waals surface area contributed by atoms with Gasteiger partial charge in [0.15, 0.2) is 11.5 Å². The molecule has 1 N–H and O–H groups in total. The molecule has 0 saturated heterocycles. The summed E-state index contributed by atoms with van der Waals surface area (Å²) in [5.74, 6) is -2.58. The Morgan fingerprint density at radius 2 is 1.64 bits per heavy atom. The summed E-state index contributed by atoms with van der Waals surface area (Å²) in [5, 5.41) is 13.4. The van der Waals surface area contributed by atoms with E-state index in [1.807, 2.05) is 13.8 Å². The number of carbonyl (C=O) groups excluding carboxylic acids is 2. The van der Waals surface area contributed by atoms with Gasteiger partial charge < -0.3 is 10.0 Å². The molecule has 2 fully saturated rings. The number of Topliss-reactive ketones (excluding diaryl/α,β-unsaturated/α-hetero) is 1. The molecule has 0 aromatic carbocycles. The minimum Gasteiger partial charge on any atom is -0.481 e. The first-order chi connectivity index (χ1) is 18.0. The number of ketones is 1. The topological polar surface area (TPSA) is 105 Å². The number of rotatable bonds is 7. The standard InChI is InChI=1S/C26H29Cl2F3N4O4/c1-24(2)8-15(9-24)34(13-19(36)20-17(27)11-32-12-18(20)28)22(37)16-10-33-35(21(16)26(29,30)31)14-4-6-25(3,7-5-14)23(38)39/h10-12,14-15H,4-9,13H2,1-3H3,(H,38,39). The highest BCUT2D eigenvalue weighted by molar-refractivity contribution is 6.39. The Balaban J connectivity index is 1.68. The van der Waals surface area contributed by atoms with E-state index < -0.39 is 59.1 Å². The predicted molar refractivity (Wildman–Crippen MR) is 137 cm³/mol. The lowest BCUT2D eigenvalue weighted by atomic mass is 9.67. The van der Waals surface area contributed by atoms with E-state index in [0.717, 1.165) is 15.8 Å². The highest BCUT2D eigenvalue weighted by Gasteiger charge is 2.47. The van der Waals surface area contributed by atoms with Crippen molar-refractivity contribution in [2.75, 3.05) is 6.54 Å². The van der Waals surface area contributed by atoms with E-state index in [1.54, 1.807) is 6.92 Å². The molecule has 2 saturated carbocycles. The largest absolute Gasteiger partial charge is 0.481 e. The van der Waals surface area contributed by atoms with Crippen molar-refractivity contribution in [1.82, 2.24) is 19.7 Å². The highest BCUT2D eigenvalue weighted by atomic mass is 35.5. The van der Waals surface area contributed by atoms with Gasteiger partial charge in [-0.15, -0.1) is 0 Å². The van der Waals surface area contributed by atoms with E-state index in [1.165, 1.54) is 12.4 Å². The van der Waals surface area contributed by atoms with Crippen LogP contribution in [0.1, 0.15) is 91.7 Å². The molecular formula is C26H29Cl2F3N4O4. The Hall–Kier alpha value is -2.66. The fourth-order valence-corrected chi connectivity index (χ4v) is 6.22. The Kier molecular flexibility index (Phi) is 7.81. The van der Waals surface area contributed by atoms with Crippen LogP contribution in [0.5, 0.6) is 0 Å². The molecule has 0 aliphatic heterocycles. The van der Waals surface area contributed by atoms with Crippen molar-refractivity contribution in [2.24, 2.45) is 10.8 Å². The van der Waals surface area contributed by atoms with Crippen LogP contribution in [0.4, 0.5) is 13.2 Å². The molecule has 0 atom stereocenters. The normalized spacial score (nSPS) is 23.2. The maximum Gasteiger partial charge on any atom is 0.433 e. The van der Waals surface area contributed by atoms with Crippen molar-refractivity contribution in [3.63, 3.8) is 0 Å². The summed E-state index contributed by atoms with van der Waals surface area (Å²) < 4.78 is 44.1. The lowest BCUT2D eigenvalue weighted by molar-refractivity contribution is -0.152. The van der Waals surface area contributed by atoms with E-state index >= 15 is 0 Å². The summed E-state index contributed by atoms with van der Waals surface area (Å²) in [6.07, 6.45) is 0.113. The van der Waals surface area contributed by atoms with Crippen LogP contribution in [0, 0.1) is 10.8 Å². The lowest BCUT2D eigenvalue weighted by Crippen LogP contribution is -2.53. The van der Waals surface area contributed by atoms with E-state index in [2.05, 4.69) is 10.1 Å². The molecule has 2 heterocycles. The van der Waals surface area contributed by atoms with E-state index in [0.29, 0.717) is 12.8 Å². The van der Waals surface area contributed by atoms with Gasteiger partial charge in [-0.05, 0) is 50.9 Å². The molecule has 2 aromatic heterocycles. The van der Waals surface area contributed by atoms with Crippen LogP contribution in [-0.2, 0) is 11.0 Å². The first kappa shape index (κ1) is 29.3. The second-order valence-corrected chi connectivity index (χ2v) is 12.3. The maximum absolute atomic E-state index is 14.4. The van der Waals surface area contributed by atoms with Crippen LogP contribution in [0.3, 0.4) is 0 Å². The van der Waals surface area contributed by atoms with Crippen LogP contribution in [0.25, 0.3) is 0 Å². The molecule has 13 heteroatoms. The number of halogens is 5. The number of carboxylic acid groups (broad SMARTS) is 1. The molecule has 0 radical (unpaired) electrons. The van der Waals surface area contributed by atoms with Gasteiger partial charge in [0.05, 0.1) is 45.4 Å². The molecule has 1 amide bonds. The summed E-state index contributed by atoms with van der Waals surface area (Å²) in [5.41, 5.74) is -3.08. The van der Waals surface area contributed by atoms with Gasteiger partial charge in [0.1, 0.15) is 0 Å². The first-order valence-corrected chi connectivity index (χ1v) is 13.3. The zero-order valence-electron chi connectivity index (χ0n) is 21.7. The molecule has 212 valence electrons. The molecule has 2 aromatic rings. The van der Waals surface area contributed by atoms with Crippen LogP contribution in [0.2, 0.25) is 10.0 Å².